The van der Waals surface area contributed by atoms with Crippen LogP contribution in [0.15, 0.2) is 48.0 Å². The first-order chi connectivity index (χ1) is 14.4. The van der Waals surface area contributed by atoms with E-state index in [1.165, 1.54) is 39.8 Å². The van der Waals surface area contributed by atoms with Crippen molar-refractivity contribution in [1.29, 1.82) is 0 Å². The van der Waals surface area contributed by atoms with Crippen molar-refractivity contribution in [1.82, 2.24) is 0 Å². The Hall–Kier alpha value is -2.69. The highest BCUT2D eigenvalue weighted by molar-refractivity contribution is 6.42. The van der Waals surface area contributed by atoms with E-state index in [0.29, 0.717) is 10.6 Å². The highest BCUT2D eigenvalue weighted by Crippen LogP contribution is 2.43. The Morgan fingerprint density at radius 1 is 0.839 bits per heavy atom. The molecule has 0 radical (unpaired) electrons. The summed E-state index contributed by atoms with van der Waals surface area (Å²) in [6.07, 6.45) is 3.51. The summed E-state index contributed by atoms with van der Waals surface area (Å²) in [6, 6.07) is 12.5. The lowest BCUT2D eigenvalue weighted by molar-refractivity contribution is -0.151. The number of aliphatic hydroxyl groups excluding tert-OH is 1. The van der Waals surface area contributed by atoms with Crippen molar-refractivity contribution in [2.75, 3.05) is 0 Å². The Morgan fingerprint density at radius 3 is 1.94 bits per heavy atom. The van der Waals surface area contributed by atoms with Gasteiger partial charge >= 0.3 is 0 Å². The molecular formula is C25H22Cl2O4. The second-order valence-electron chi connectivity index (χ2n) is 8.53. The maximum Gasteiger partial charge on any atom is 0.183 e. The van der Waals surface area contributed by atoms with Crippen LogP contribution in [-0.2, 0) is 14.4 Å². The van der Waals surface area contributed by atoms with Crippen LogP contribution in [0.3, 0.4) is 0 Å². The van der Waals surface area contributed by atoms with Gasteiger partial charge in [0, 0.05) is 16.1 Å². The molecule has 31 heavy (non-hydrogen) atoms. The summed E-state index contributed by atoms with van der Waals surface area (Å²) in [5.41, 5.74) is -1.87. The summed E-state index contributed by atoms with van der Waals surface area (Å²) in [4.78, 5) is 38.7. The molecular weight excluding hydrogens is 435 g/mol. The van der Waals surface area contributed by atoms with Gasteiger partial charge in [-0.15, -0.1) is 0 Å². The van der Waals surface area contributed by atoms with E-state index in [1.54, 1.807) is 6.08 Å². The molecule has 1 saturated carbocycles. The molecule has 3 rings (SSSR count). The SMILES string of the molecule is CC1(C)C(=O)C(=C(O)c2ccc(Cl)c(/C=C/c3ccccc3)c2Cl)C(=O)C(C)(C)C1=O. The summed E-state index contributed by atoms with van der Waals surface area (Å²) >= 11 is 12.9. The normalized spacial score (nSPS) is 18.0. The molecule has 1 aliphatic rings. The Bertz CT molecular complexity index is 1120. The van der Waals surface area contributed by atoms with E-state index in [0.717, 1.165) is 5.56 Å². The number of aliphatic hydroxyl groups is 1. The zero-order chi connectivity index (χ0) is 23.1. The van der Waals surface area contributed by atoms with Crippen LogP contribution in [-0.4, -0.2) is 22.5 Å². The van der Waals surface area contributed by atoms with Crippen LogP contribution < -0.4 is 0 Å². The van der Waals surface area contributed by atoms with Gasteiger partial charge in [-0.05, 0) is 45.4 Å². The van der Waals surface area contributed by atoms with E-state index in [1.807, 2.05) is 36.4 Å². The molecule has 2 aromatic rings. The number of Topliss-reactive ketones (excluding diaryl/α,β-unsaturated/α-hetero) is 3. The third-order valence-electron chi connectivity index (χ3n) is 5.59. The van der Waals surface area contributed by atoms with Gasteiger partial charge in [0.25, 0.3) is 0 Å². The second-order valence-corrected chi connectivity index (χ2v) is 9.31. The van der Waals surface area contributed by atoms with Crippen LogP contribution in [0.2, 0.25) is 10.0 Å². The van der Waals surface area contributed by atoms with Gasteiger partial charge in [0.1, 0.15) is 11.3 Å². The molecule has 0 atom stereocenters. The van der Waals surface area contributed by atoms with Gasteiger partial charge in [0.05, 0.1) is 15.9 Å². The molecule has 0 heterocycles. The fourth-order valence-corrected chi connectivity index (χ4v) is 4.30. The minimum Gasteiger partial charge on any atom is -0.506 e. The largest absolute Gasteiger partial charge is 0.506 e. The summed E-state index contributed by atoms with van der Waals surface area (Å²) in [6.45, 7) is 5.82. The number of halogens is 2. The van der Waals surface area contributed by atoms with E-state index in [9.17, 15) is 19.5 Å². The van der Waals surface area contributed by atoms with Gasteiger partial charge in [-0.25, -0.2) is 0 Å². The monoisotopic (exact) mass is 456 g/mol. The van der Waals surface area contributed by atoms with Gasteiger partial charge in [0.15, 0.2) is 17.3 Å². The van der Waals surface area contributed by atoms with Crippen molar-refractivity contribution >= 4 is 58.5 Å². The molecule has 4 nitrogen and oxygen atoms in total. The van der Waals surface area contributed by atoms with Crippen LogP contribution in [0.5, 0.6) is 0 Å². The number of carbonyl (C=O) groups excluding carboxylic acids is 3. The van der Waals surface area contributed by atoms with Crippen molar-refractivity contribution in [2.45, 2.75) is 27.7 Å². The fourth-order valence-electron chi connectivity index (χ4n) is 3.71. The third-order valence-corrected chi connectivity index (χ3v) is 6.32. The lowest BCUT2D eigenvalue weighted by Crippen LogP contribution is -2.54. The van der Waals surface area contributed by atoms with Crippen molar-refractivity contribution in [3.05, 3.63) is 74.8 Å². The van der Waals surface area contributed by atoms with E-state index >= 15 is 0 Å². The highest BCUT2D eigenvalue weighted by Gasteiger charge is 2.56. The van der Waals surface area contributed by atoms with Gasteiger partial charge < -0.3 is 5.11 Å². The van der Waals surface area contributed by atoms with Crippen LogP contribution >= 0.6 is 23.2 Å². The molecule has 0 amide bonds. The molecule has 1 N–H and O–H groups in total. The van der Waals surface area contributed by atoms with Crippen molar-refractivity contribution < 1.29 is 19.5 Å². The molecule has 0 unspecified atom stereocenters. The zero-order valence-corrected chi connectivity index (χ0v) is 19.1. The summed E-state index contributed by atoms with van der Waals surface area (Å²) in [7, 11) is 0. The first-order valence-electron chi connectivity index (χ1n) is 9.70. The molecule has 6 heteroatoms. The third kappa shape index (κ3) is 3.86. The second kappa shape index (κ2) is 8.10. The molecule has 0 aromatic heterocycles. The molecule has 0 saturated heterocycles. The number of benzene rings is 2. The number of rotatable bonds is 3. The van der Waals surface area contributed by atoms with Gasteiger partial charge in [-0.2, -0.15) is 0 Å². The lowest BCUT2D eigenvalue weighted by Gasteiger charge is -2.37. The molecule has 2 aromatic carbocycles. The molecule has 0 spiro atoms. The van der Waals surface area contributed by atoms with Gasteiger partial charge in [-0.3, -0.25) is 14.4 Å². The predicted octanol–water partition coefficient (Wildman–Crippen LogP) is 6.21. The Morgan fingerprint density at radius 2 is 1.39 bits per heavy atom. The van der Waals surface area contributed by atoms with Crippen LogP contribution in [0.4, 0.5) is 0 Å². The maximum atomic E-state index is 13.0. The number of ketones is 3. The maximum absolute atomic E-state index is 13.0. The van der Waals surface area contributed by atoms with Crippen LogP contribution in [0.25, 0.3) is 17.9 Å². The Balaban J connectivity index is 2.17. The van der Waals surface area contributed by atoms with Crippen molar-refractivity contribution in [2.24, 2.45) is 10.8 Å². The fraction of sp³-hybridized carbons (Fsp3) is 0.240. The standard InChI is InChI=1S/C25H22Cl2O4/c1-24(2)21(29)18(22(30)25(3,4)23(24)31)20(28)16-12-13-17(26)15(19(16)27)11-10-14-8-6-5-7-9-14/h5-13,28H,1-4H3/b11-10+. The van der Waals surface area contributed by atoms with Gasteiger partial charge in [-0.1, -0.05) is 65.7 Å². The predicted molar refractivity (Wildman–Crippen MR) is 124 cm³/mol. The van der Waals surface area contributed by atoms with Crippen molar-refractivity contribution in [3.8, 4) is 0 Å². The van der Waals surface area contributed by atoms with Crippen molar-refractivity contribution in [3.63, 3.8) is 0 Å². The number of hydrogen-bond acceptors (Lipinski definition) is 4. The number of allylic oxidation sites excluding steroid dienone is 1. The molecule has 0 bridgehead atoms. The lowest BCUT2D eigenvalue weighted by atomic mass is 9.60. The summed E-state index contributed by atoms with van der Waals surface area (Å²) in [5, 5.41) is 11.4. The summed E-state index contributed by atoms with van der Waals surface area (Å²) < 4.78 is 0. The average molecular weight is 457 g/mol. The Labute approximate surface area is 191 Å². The topological polar surface area (TPSA) is 71.4 Å². The first-order valence-corrected chi connectivity index (χ1v) is 10.5. The molecule has 1 aliphatic carbocycles. The minimum absolute atomic E-state index is 0.0939. The molecule has 0 aliphatic heterocycles. The van der Waals surface area contributed by atoms with E-state index in [2.05, 4.69) is 0 Å². The van der Waals surface area contributed by atoms with Gasteiger partial charge in [0.2, 0.25) is 0 Å². The zero-order valence-electron chi connectivity index (χ0n) is 17.6. The molecule has 1 fully saturated rings. The quantitative estimate of drug-likeness (QED) is 0.196. The number of hydrogen-bond donors (Lipinski definition) is 1. The molecule has 160 valence electrons. The first kappa shape index (κ1) is 23.0. The minimum atomic E-state index is -1.45. The average Bonchev–Trinajstić information content (AvgIpc) is 2.72. The van der Waals surface area contributed by atoms with E-state index in [4.69, 9.17) is 23.2 Å². The Kier molecular flexibility index (Phi) is 6.01. The smallest absolute Gasteiger partial charge is 0.183 e. The number of carbonyl (C=O) groups is 3. The van der Waals surface area contributed by atoms with E-state index < -0.39 is 39.5 Å². The summed E-state index contributed by atoms with van der Waals surface area (Å²) in [5.74, 6) is -2.50. The van der Waals surface area contributed by atoms with Crippen LogP contribution in [0, 0.1) is 10.8 Å². The van der Waals surface area contributed by atoms with Crippen LogP contribution in [0.1, 0.15) is 44.4 Å². The van der Waals surface area contributed by atoms with E-state index in [-0.39, 0.29) is 10.6 Å². The highest BCUT2D eigenvalue weighted by atomic mass is 35.5.